The zero-order valence-corrected chi connectivity index (χ0v) is 9.87. The van der Waals surface area contributed by atoms with Crippen molar-refractivity contribution >= 4 is 28.4 Å². The summed E-state index contributed by atoms with van der Waals surface area (Å²) in [5.41, 5.74) is 8.90. The number of aryl methyl sites for hydroxylation is 1. The first-order chi connectivity index (χ1) is 6.68. The molecule has 72 valence electrons. The molecule has 2 aromatic rings. The molecule has 0 fully saturated rings. The van der Waals surface area contributed by atoms with Gasteiger partial charge in [0.1, 0.15) is 0 Å². The lowest BCUT2D eigenvalue weighted by Gasteiger charge is -2.01. The van der Waals surface area contributed by atoms with Crippen LogP contribution in [0.4, 0.5) is 5.82 Å². The average molecular weight is 299 g/mol. The van der Waals surface area contributed by atoms with Crippen LogP contribution < -0.4 is 5.73 Å². The summed E-state index contributed by atoms with van der Waals surface area (Å²) in [6, 6.07) is 8.20. The molecule has 0 atom stereocenters. The van der Waals surface area contributed by atoms with Gasteiger partial charge in [0.05, 0.1) is 0 Å². The van der Waals surface area contributed by atoms with Gasteiger partial charge in [0.15, 0.2) is 5.82 Å². The number of benzene rings is 1. The summed E-state index contributed by atoms with van der Waals surface area (Å²) in [6.45, 7) is 1.97. The molecule has 1 aromatic carbocycles. The molecular weight excluding hydrogens is 289 g/mol. The molecule has 0 aliphatic rings. The number of nitrogen functional groups attached to an aromatic ring is 1. The molecule has 4 heteroatoms. The molecule has 0 amide bonds. The number of aromatic nitrogens is 2. The zero-order chi connectivity index (χ0) is 10.1. The molecule has 0 radical (unpaired) electrons. The highest BCUT2D eigenvalue weighted by molar-refractivity contribution is 14.1. The van der Waals surface area contributed by atoms with Gasteiger partial charge in [0, 0.05) is 14.8 Å². The van der Waals surface area contributed by atoms with E-state index in [-0.39, 0.29) is 0 Å². The predicted octanol–water partition coefficient (Wildman–Crippen LogP) is 2.57. The van der Waals surface area contributed by atoms with Crippen LogP contribution in [0.3, 0.4) is 0 Å². The van der Waals surface area contributed by atoms with E-state index in [1.54, 1.807) is 0 Å². The molecule has 3 nitrogen and oxygen atoms in total. The molecule has 0 unspecified atom stereocenters. The standard InChI is InChI=1S/C10H10IN3/c1-6-9(10(12)14-13-6)7-3-2-4-8(11)5-7/h2-5H,1H3,(H3,12,13,14). The Morgan fingerprint density at radius 1 is 1.43 bits per heavy atom. The fraction of sp³-hybridized carbons (Fsp3) is 0.100. The fourth-order valence-corrected chi connectivity index (χ4v) is 2.00. The van der Waals surface area contributed by atoms with E-state index in [1.165, 1.54) is 3.57 Å². The number of halogens is 1. The van der Waals surface area contributed by atoms with Gasteiger partial charge in [-0.15, -0.1) is 0 Å². The minimum atomic E-state index is 0.560. The molecule has 0 aliphatic carbocycles. The van der Waals surface area contributed by atoms with Crippen LogP contribution in [0, 0.1) is 10.5 Å². The number of nitrogens with zero attached hydrogens (tertiary/aromatic N) is 1. The summed E-state index contributed by atoms with van der Waals surface area (Å²) in [6.07, 6.45) is 0. The van der Waals surface area contributed by atoms with Gasteiger partial charge >= 0.3 is 0 Å². The smallest absolute Gasteiger partial charge is 0.153 e. The number of nitrogens with two attached hydrogens (primary N) is 1. The van der Waals surface area contributed by atoms with E-state index in [0.717, 1.165) is 16.8 Å². The van der Waals surface area contributed by atoms with Crippen molar-refractivity contribution in [2.75, 3.05) is 5.73 Å². The first kappa shape index (κ1) is 9.51. The van der Waals surface area contributed by atoms with Crippen molar-refractivity contribution in [2.24, 2.45) is 0 Å². The number of hydrogen-bond acceptors (Lipinski definition) is 2. The Balaban J connectivity index is 2.59. The van der Waals surface area contributed by atoms with E-state index in [0.29, 0.717) is 5.82 Å². The quantitative estimate of drug-likeness (QED) is 0.795. The Bertz CT molecular complexity index is 443. The number of H-pyrrole nitrogens is 1. The normalized spacial score (nSPS) is 10.4. The molecule has 2 rings (SSSR count). The highest BCUT2D eigenvalue weighted by Gasteiger charge is 2.09. The van der Waals surface area contributed by atoms with Gasteiger partial charge in [-0.3, -0.25) is 5.10 Å². The van der Waals surface area contributed by atoms with E-state index in [2.05, 4.69) is 44.9 Å². The Hall–Kier alpha value is -1.04. The fourth-order valence-electron chi connectivity index (χ4n) is 1.46. The summed E-state index contributed by atoms with van der Waals surface area (Å²) in [5, 5.41) is 6.85. The lowest BCUT2D eigenvalue weighted by atomic mass is 10.1. The number of hydrogen-bond donors (Lipinski definition) is 2. The summed E-state index contributed by atoms with van der Waals surface area (Å²) in [5.74, 6) is 0.560. The summed E-state index contributed by atoms with van der Waals surface area (Å²) >= 11 is 2.28. The number of anilines is 1. The summed E-state index contributed by atoms with van der Waals surface area (Å²) in [4.78, 5) is 0. The lowest BCUT2D eigenvalue weighted by Crippen LogP contribution is -1.88. The van der Waals surface area contributed by atoms with E-state index in [4.69, 9.17) is 5.73 Å². The largest absolute Gasteiger partial charge is 0.382 e. The van der Waals surface area contributed by atoms with Gasteiger partial charge in [-0.2, -0.15) is 5.10 Å². The van der Waals surface area contributed by atoms with Crippen LogP contribution in [0.2, 0.25) is 0 Å². The second-order valence-electron chi connectivity index (χ2n) is 3.12. The van der Waals surface area contributed by atoms with Gasteiger partial charge in [0.25, 0.3) is 0 Å². The van der Waals surface area contributed by atoms with Crippen LogP contribution >= 0.6 is 22.6 Å². The molecule has 1 aromatic heterocycles. The van der Waals surface area contributed by atoms with E-state index < -0.39 is 0 Å². The van der Waals surface area contributed by atoms with Crippen LogP contribution in [0.25, 0.3) is 11.1 Å². The maximum Gasteiger partial charge on any atom is 0.153 e. The molecular formula is C10H10IN3. The number of aromatic amines is 1. The monoisotopic (exact) mass is 299 g/mol. The maximum atomic E-state index is 5.78. The second kappa shape index (κ2) is 3.61. The summed E-state index contributed by atoms with van der Waals surface area (Å²) < 4.78 is 1.19. The summed E-state index contributed by atoms with van der Waals surface area (Å²) in [7, 11) is 0. The molecule has 14 heavy (non-hydrogen) atoms. The highest BCUT2D eigenvalue weighted by Crippen LogP contribution is 2.28. The van der Waals surface area contributed by atoms with Crippen molar-refractivity contribution in [3.8, 4) is 11.1 Å². The van der Waals surface area contributed by atoms with E-state index in [9.17, 15) is 0 Å². The van der Waals surface area contributed by atoms with Gasteiger partial charge < -0.3 is 5.73 Å². The van der Waals surface area contributed by atoms with E-state index >= 15 is 0 Å². The van der Waals surface area contributed by atoms with Crippen LogP contribution in [-0.4, -0.2) is 10.2 Å². The predicted molar refractivity (Wildman–Crippen MR) is 65.9 cm³/mol. The van der Waals surface area contributed by atoms with Crippen LogP contribution in [0.15, 0.2) is 24.3 Å². The minimum Gasteiger partial charge on any atom is -0.382 e. The van der Waals surface area contributed by atoms with Gasteiger partial charge in [-0.05, 0) is 47.2 Å². The molecule has 0 aliphatic heterocycles. The van der Waals surface area contributed by atoms with Gasteiger partial charge in [0.2, 0.25) is 0 Å². The molecule has 0 bridgehead atoms. The number of rotatable bonds is 1. The minimum absolute atomic E-state index is 0.560. The SMILES string of the molecule is Cc1[nH]nc(N)c1-c1cccc(I)c1. The third kappa shape index (κ3) is 1.61. The van der Waals surface area contributed by atoms with Crippen molar-refractivity contribution in [3.63, 3.8) is 0 Å². The van der Waals surface area contributed by atoms with E-state index in [1.807, 2.05) is 19.1 Å². The molecule has 3 N–H and O–H groups in total. The third-order valence-corrected chi connectivity index (χ3v) is 2.76. The molecule has 0 saturated heterocycles. The highest BCUT2D eigenvalue weighted by atomic mass is 127. The molecule has 0 spiro atoms. The number of nitrogens with one attached hydrogen (secondary N) is 1. The Morgan fingerprint density at radius 3 is 2.79 bits per heavy atom. The van der Waals surface area contributed by atoms with Crippen LogP contribution in [0.1, 0.15) is 5.69 Å². The molecule has 1 heterocycles. The topological polar surface area (TPSA) is 54.7 Å². The van der Waals surface area contributed by atoms with Gasteiger partial charge in [-0.25, -0.2) is 0 Å². The first-order valence-corrected chi connectivity index (χ1v) is 5.32. The van der Waals surface area contributed by atoms with Gasteiger partial charge in [-0.1, -0.05) is 12.1 Å². The molecule has 0 saturated carbocycles. The van der Waals surface area contributed by atoms with Crippen LogP contribution in [0.5, 0.6) is 0 Å². The zero-order valence-electron chi connectivity index (χ0n) is 7.71. The van der Waals surface area contributed by atoms with Crippen molar-refractivity contribution in [2.45, 2.75) is 6.92 Å². The lowest BCUT2D eigenvalue weighted by molar-refractivity contribution is 1.05. The first-order valence-electron chi connectivity index (χ1n) is 4.25. The van der Waals surface area contributed by atoms with Crippen molar-refractivity contribution in [1.82, 2.24) is 10.2 Å². The Kier molecular flexibility index (Phi) is 2.45. The van der Waals surface area contributed by atoms with Crippen LogP contribution in [-0.2, 0) is 0 Å². The Morgan fingerprint density at radius 2 is 2.21 bits per heavy atom. The van der Waals surface area contributed by atoms with Crippen molar-refractivity contribution in [3.05, 3.63) is 33.5 Å². The Labute approximate surface area is 95.9 Å². The third-order valence-electron chi connectivity index (χ3n) is 2.09. The second-order valence-corrected chi connectivity index (χ2v) is 4.36. The maximum absolute atomic E-state index is 5.78. The van der Waals surface area contributed by atoms with Crippen molar-refractivity contribution < 1.29 is 0 Å². The van der Waals surface area contributed by atoms with Crippen molar-refractivity contribution in [1.29, 1.82) is 0 Å². The average Bonchev–Trinajstić information content (AvgIpc) is 2.46.